The van der Waals surface area contributed by atoms with Crippen molar-refractivity contribution in [1.82, 2.24) is 0 Å². The summed E-state index contributed by atoms with van der Waals surface area (Å²) in [7, 11) is 3.91. The van der Waals surface area contributed by atoms with Crippen molar-refractivity contribution in [3.63, 3.8) is 0 Å². The number of benzene rings is 1. The fourth-order valence-electron chi connectivity index (χ4n) is 1.22. The van der Waals surface area contributed by atoms with E-state index in [2.05, 4.69) is 0 Å². The minimum atomic E-state index is -0.978. The summed E-state index contributed by atoms with van der Waals surface area (Å²) in [6, 6.07) is 7.68. The lowest BCUT2D eigenvalue weighted by molar-refractivity contribution is -0.136. The molecule has 15 heavy (non-hydrogen) atoms. The van der Waals surface area contributed by atoms with Crippen LogP contribution >= 0.6 is 11.6 Å². The van der Waals surface area contributed by atoms with Gasteiger partial charge in [-0.2, -0.15) is 0 Å². The Morgan fingerprint density at radius 3 is 2.33 bits per heavy atom. The molecule has 82 valence electrons. The van der Waals surface area contributed by atoms with Crippen molar-refractivity contribution in [1.29, 1.82) is 0 Å². The first kappa shape index (κ1) is 11.9. The smallest absolute Gasteiger partial charge is 0.321 e. The van der Waals surface area contributed by atoms with Gasteiger partial charge in [-0.3, -0.25) is 4.79 Å². The SMILES string of the molecule is CN(C)c1ccc(CC(Cl)C(=O)O)cc1. The van der Waals surface area contributed by atoms with Crippen LogP contribution in [0.4, 0.5) is 5.69 Å². The van der Waals surface area contributed by atoms with E-state index in [4.69, 9.17) is 16.7 Å². The van der Waals surface area contributed by atoms with Gasteiger partial charge in [0.2, 0.25) is 0 Å². The van der Waals surface area contributed by atoms with Gasteiger partial charge < -0.3 is 10.0 Å². The molecule has 0 fully saturated rings. The van der Waals surface area contributed by atoms with Crippen LogP contribution in [-0.4, -0.2) is 30.5 Å². The van der Waals surface area contributed by atoms with E-state index >= 15 is 0 Å². The molecule has 0 aromatic heterocycles. The highest BCUT2D eigenvalue weighted by Crippen LogP contribution is 2.14. The number of anilines is 1. The molecule has 0 saturated heterocycles. The Kier molecular flexibility index (Phi) is 3.97. The molecule has 1 aromatic carbocycles. The van der Waals surface area contributed by atoms with Crippen molar-refractivity contribution in [2.24, 2.45) is 0 Å². The molecule has 4 heteroatoms. The van der Waals surface area contributed by atoms with E-state index < -0.39 is 11.3 Å². The summed E-state index contributed by atoms with van der Waals surface area (Å²) in [6.07, 6.45) is 0.352. The zero-order chi connectivity index (χ0) is 11.4. The van der Waals surface area contributed by atoms with E-state index in [1.165, 1.54) is 0 Å². The van der Waals surface area contributed by atoms with Crippen LogP contribution in [0.15, 0.2) is 24.3 Å². The number of hydrogen-bond donors (Lipinski definition) is 1. The molecule has 0 saturated carbocycles. The van der Waals surface area contributed by atoms with Crippen molar-refractivity contribution in [3.05, 3.63) is 29.8 Å². The monoisotopic (exact) mass is 227 g/mol. The van der Waals surface area contributed by atoms with Crippen LogP contribution in [0, 0.1) is 0 Å². The van der Waals surface area contributed by atoms with Crippen LogP contribution in [-0.2, 0) is 11.2 Å². The molecule has 0 heterocycles. The first-order valence-corrected chi connectivity index (χ1v) is 5.07. The average Bonchev–Trinajstić information content (AvgIpc) is 2.18. The number of alkyl halides is 1. The van der Waals surface area contributed by atoms with E-state index in [-0.39, 0.29) is 0 Å². The number of carbonyl (C=O) groups is 1. The number of aliphatic carboxylic acids is 1. The summed E-state index contributed by atoms with van der Waals surface area (Å²) < 4.78 is 0. The summed E-state index contributed by atoms with van der Waals surface area (Å²) >= 11 is 5.64. The zero-order valence-corrected chi connectivity index (χ0v) is 9.53. The van der Waals surface area contributed by atoms with E-state index in [1.807, 2.05) is 43.3 Å². The van der Waals surface area contributed by atoms with E-state index in [0.29, 0.717) is 6.42 Å². The number of nitrogens with zero attached hydrogens (tertiary/aromatic N) is 1. The molecular formula is C11H14ClNO2. The molecule has 0 radical (unpaired) electrons. The topological polar surface area (TPSA) is 40.5 Å². The van der Waals surface area contributed by atoms with Gasteiger partial charge in [0.1, 0.15) is 5.38 Å². The van der Waals surface area contributed by atoms with Crippen LogP contribution in [0.2, 0.25) is 0 Å². The van der Waals surface area contributed by atoms with Gasteiger partial charge >= 0.3 is 5.97 Å². The minimum absolute atomic E-state index is 0.352. The molecule has 3 nitrogen and oxygen atoms in total. The quantitative estimate of drug-likeness (QED) is 0.800. The van der Waals surface area contributed by atoms with Gasteiger partial charge in [0, 0.05) is 19.8 Å². The first-order chi connectivity index (χ1) is 7.00. The Hall–Kier alpha value is -1.22. The number of hydrogen-bond acceptors (Lipinski definition) is 2. The Balaban J connectivity index is 2.68. The molecule has 0 spiro atoms. The van der Waals surface area contributed by atoms with Crippen molar-refractivity contribution >= 4 is 23.3 Å². The Morgan fingerprint density at radius 2 is 1.93 bits per heavy atom. The second kappa shape index (κ2) is 5.03. The highest BCUT2D eigenvalue weighted by molar-refractivity contribution is 6.29. The van der Waals surface area contributed by atoms with Gasteiger partial charge in [-0.15, -0.1) is 11.6 Å². The third-order valence-corrected chi connectivity index (χ3v) is 2.48. The highest BCUT2D eigenvalue weighted by Gasteiger charge is 2.13. The van der Waals surface area contributed by atoms with Gasteiger partial charge in [0.25, 0.3) is 0 Å². The molecular weight excluding hydrogens is 214 g/mol. The van der Waals surface area contributed by atoms with Crippen LogP contribution in [0.5, 0.6) is 0 Å². The van der Waals surface area contributed by atoms with Crippen molar-refractivity contribution in [2.45, 2.75) is 11.8 Å². The molecule has 0 aliphatic heterocycles. The van der Waals surface area contributed by atoms with Crippen LogP contribution in [0.25, 0.3) is 0 Å². The zero-order valence-electron chi connectivity index (χ0n) is 8.77. The fraction of sp³-hybridized carbons (Fsp3) is 0.364. The van der Waals surface area contributed by atoms with Gasteiger partial charge in [0.15, 0.2) is 0 Å². The second-order valence-corrected chi connectivity index (χ2v) is 4.10. The van der Waals surface area contributed by atoms with Crippen molar-refractivity contribution < 1.29 is 9.90 Å². The minimum Gasteiger partial charge on any atom is -0.480 e. The maximum atomic E-state index is 10.5. The highest BCUT2D eigenvalue weighted by atomic mass is 35.5. The lowest BCUT2D eigenvalue weighted by Crippen LogP contribution is -2.16. The van der Waals surface area contributed by atoms with Crippen LogP contribution in [0.1, 0.15) is 5.56 Å². The molecule has 0 bridgehead atoms. The molecule has 1 unspecified atom stereocenters. The molecule has 1 atom stereocenters. The maximum Gasteiger partial charge on any atom is 0.321 e. The predicted molar refractivity (Wildman–Crippen MR) is 61.7 cm³/mol. The number of rotatable bonds is 4. The third kappa shape index (κ3) is 3.44. The fourth-order valence-corrected chi connectivity index (χ4v) is 1.40. The number of carboxylic acid groups (broad SMARTS) is 1. The van der Waals surface area contributed by atoms with Gasteiger partial charge in [-0.25, -0.2) is 0 Å². The van der Waals surface area contributed by atoms with E-state index in [1.54, 1.807) is 0 Å². The molecule has 1 aromatic rings. The molecule has 1 rings (SSSR count). The summed E-state index contributed by atoms with van der Waals surface area (Å²) in [6.45, 7) is 0. The van der Waals surface area contributed by atoms with Gasteiger partial charge in [-0.1, -0.05) is 12.1 Å². The standard InChI is InChI=1S/C11H14ClNO2/c1-13(2)9-5-3-8(4-6-9)7-10(12)11(14)15/h3-6,10H,7H2,1-2H3,(H,14,15). The molecule has 0 aliphatic carbocycles. The molecule has 0 amide bonds. The van der Waals surface area contributed by atoms with Crippen LogP contribution in [0.3, 0.4) is 0 Å². The Bertz CT molecular complexity index is 335. The van der Waals surface area contributed by atoms with E-state index in [0.717, 1.165) is 11.3 Å². The predicted octanol–water partition coefficient (Wildman–Crippen LogP) is 1.99. The Labute approximate surface area is 94.3 Å². The number of carboxylic acids is 1. The first-order valence-electron chi connectivity index (χ1n) is 4.64. The van der Waals surface area contributed by atoms with Crippen molar-refractivity contribution in [3.8, 4) is 0 Å². The summed E-state index contributed by atoms with van der Waals surface area (Å²) in [4.78, 5) is 12.5. The third-order valence-electron chi connectivity index (χ3n) is 2.14. The largest absolute Gasteiger partial charge is 0.480 e. The molecule has 0 aliphatic rings. The summed E-state index contributed by atoms with van der Waals surface area (Å²) in [5.41, 5.74) is 2.02. The second-order valence-electron chi connectivity index (χ2n) is 3.57. The lowest BCUT2D eigenvalue weighted by Gasteiger charge is -2.12. The number of halogens is 1. The lowest BCUT2D eigenvalue weighted by atomic mass is 10.1. The van der Waals surface area contributed by atoms with E-state index in [9.17, 15) is 4.79 Å². The molecule has 1 N–H and O–H groups in total. The normalized spacial score (nSPS) is 12.2. The van der Waals surface area contributed by atoms with Gasteiger partial charge in [-0.05, 0) is 24.1 Å². The Morgan fingerprint density at radius 1 is 1.40 bits per heavy atom. The van der Waals surface area contributed by atoms with Crippen LogP contribution < -0.4 is 4.90 Å². The summed E-state index contributed by atoms with van der Waals surface area (Å²) in [5.74, 6) is -0.978. The van der Waals surface area contributed by atoms with Gasteiger partial charge in [0.05, 0.1) is 0 Å². The average molecular weight is 228 g/mol. The van der Waals surface area contributed by atoms with Crippen molar-refractivity contribution in [2.75, 3.05) is 19.0 Å². The summed E-state index contributed by atoms with van der Waals surface area (Å²) in [5, 5.41) is 7.79. The maximum absolute atomic E-state index is 10.5.